The molecular formula is C14H24N2O. The molecule has 3 heteroatoms. The van der Waals surface area contributed by atoms with Crippen LogP contribution in [0.25, 0.3) is 0 Å². The maximum Gasteiger partial charge on any atom is 0.220 e. The van der Waals surface area contributed by atoms with Crippen molar-refractivity contribution >= 4 is 5.91 Å². The van der Waals surface area contributed by atoms with Crippen molar-refractivity contribution in [2.75, 3.05) is 0 Å². The van der Waals surface area contributed by atoms with E-state index in [2.05, 4.69) is 35.9 Å². The lowest BCUT2D eigenvalue weighted by Crippen LogP contribution is -2.40. The lowest BCUT2D eigenvalue weighted by atomic mass is 10.1. The Hall–Kier alpha value is -1.25. The highest BCUT2D eigenvalue weighted by molar-refractivity contribution is 5.76. The second-order valence-corrected chi connectivity index (χ2v) is 5.67. The summed E-state index contributed by atoms with van der Waals surface area (Å²) in [5, 5.41) is 2.98. The summed E-state index contributed by atoms with van der Waals surface area (Å²) in [5.74, 6) is 0.139. The summed E-state index contributed by atoms with van der Waals surface area (Å²) in [6, 6.07) is 4.23. The van der Waals surface area contributed by atoms with Gasteiger partial charge >= 0.3 is 0 Å². The van der Waals surface area contributed by atoms with E-state index < -0.39 is 0 Å². The van der Waals surface area contributed by atoms with Gasteiger partial charge in [0, 0.05) is 29.9 Å². The molecule has 0 aliphatic heterocycles. The summed E-state index contributed by atoms with van der Waals surface area (Å²) in [6.07, 6.45) is 1.48. The molecule has 1 heterocycles. The van der Waals surface area contributed by atoms with Gasteiger partial charge in [0.05, 0.1) is 0 Å². The van der Waals surface area contributed by atoms with E-state index in [0.717, 1.165) is 13.0 Å². The van der Waals surface area contributed by atoms with Crippen LogP contribution >= 0.6 is 0 Å². The molecule has 0 unspecified atom stereocenters. The van der Waals surface area contributed by atoms with Gasteiger partial charge in [0.1, 0.15) is 0 Å². The highest BCUT2D eigenvalue weighted by atomic mass is 16.1. The number of hydrogen-bond acceptors (Lipinski definition) is 1. The minimum Gasteiger partial charge on any atom is -0.352 e. The molecule has 17 heavy (non-hydrogen) atoms. The van der Waals surface area contributed by atoms with Gasteiger partial charge in [-0.3, -0.25) is 4.79 Å². The van der Waals surface area contributed by atoms with Crippen LogP contribution in [0.3, 0.4) is 0 Å². The van der Waals surface area contributed by atoms with Crippen LogP contribution in [-0.2, 0) is 11.3 Å². The fourth-order valence-electron chi connectivity index (χ4n) is 1.93. The highest BCUT2D eigenvalue weighted by Gasteiger charge is 2.13. The third-order valence-electron chi connectivity index (χ3n) is 2.72. The summed E-state index contributed by atoms with van der Waals surface area (Å²) in [5.41, 5.74) is 2.40. The third kappa shape index (κ3) is 4.63. The molecule has 1 N–H and O–H groups in total. The van der Waals surface area contributed by atoms with Gasteiger partial charge in [-0.15, -0.1) is 0 Å². The SMILES string of the molecule is Cc1ccc(C)n1CCCC(=O)NC(C)(C)C. The van der Waals surface area contributed by atoms with Crippen molar-refractivity contribution in [2.24, 2.45) is 0 Å². The zero-order valence-electron chi connectivity index (χ0n) is 11.6. The Balaban J connectivity index is 2.36. The van der Waals surface area contributed by atoms with Crippen molar-refractivity contribution < 1.29 is 4.79 Å². The van der Waals surface area contributed by atoms with Gasteiger partial charge in [0.25, 0.3) is 0 Å². The Labute approximate surface area is 104 Å². The zero-order chi connectivity index (χ0) is 13.1. The lowest BCUT2D eigenvalue weighted by Gasteiger charge is -2.20. The molecule has 0 atom stereocenters. The van der Waals surface area contributed by atoms with Crippen LogP contribution in [0, 0.1) is 13.8 Å². The first kappa shape index (κ1) is 13.8. The normalized spacial score (nSPS) is 11.6. The van der Waals surface area contributed by atoms with E-state index in [1.807, 2.05) is 20.8 Å². The number of amides is 1. The predicted molar refractivity (Wildman–Crippen MR) is 71.0 cm³/mol. The number of nitrogens with zero attached hydrogens (tertiary/aromatic N) is 1. The molecule has 96 valence electrons. The maximum absolute atomic E-state index is 11.6. The van der Waals surface area contributed by atoms with E-state index in [4.69, 9.17) is 0 Å². The van der Waals surface area contributed by atoms with Crippen molar-refractivity contribution in [1.82, 2.24) is 9.88 Å². The van der Waals surface area contributed by atoms with E-state index in [9.17, 15) is 4.79 Å². The lowest BCUT2D eigenvalue weighted by molar-refractivity contribution is -0.122. The van der Waals surface area contributed by atoms with Gasteiger partial charge in [-0.25, -0.2) is 0 Å². The van der Waals surface area contributed by atoms with Crippen LogP contribution in [0.15, 0.2) is 12.1 Å². The van der Waals surface area contributed by atoms with Crippen molar-refractivity contribution in [2.45, 2.75) is 59.5 Å². The van der Waals surface area contributed by atoms with E-state index in [1.54, 1.807) is 0 Å². The quantitative estimate of drug-likeness (QED) is 0.857. The van der Waals surface area contributed by atoms with E-state index >= 15 is 0 Å². The fraction of sp³-hybridized carbons (Fsp3) is 0.643. The molecule has 0 aliphatic carbocycles. The molecule has 1 rings (SSSR count). The minimum atomic E-state index is -0.129. The van der Waals surface area contributed by atoms with E-state index in [0.29, 0.717) is 6.42 Å². The molecular weight excluding hydrogens is 212 g/mol. The first-order chi connectivity index (χ1) is 7.79. The van der Waals surface area contributed by atoms with Gasteiger partial charge in [-0.05, 0) is 53.2 Å². The molecule has 1 aromatic rings. The Bertz CT molecular complexity index is 366. The third-order valence-corrected chi connectivity index (χ3v) is 2.72. The number of carbonyl (C=O) groups excluding carboxylic acids is 1. The monoisotopic (exact) mass is 236 g/mol. The number of nitrogens with one attached hydrogen (secondary N) is 1. The molecule has 0 spiro atoms. The summed E-state index contributed by atoms with van der Waals surface area (Å²) < 4.78 is 2.25. The van der Waals surface area contributed by atoms with Crippen LogP contribution in [0.5, 0.6) is 0 Å². The van der Waals surface area contributed by atoms with E-state index in [-0.39, 0.29) is 11.4 Å². The summed E-state index contributed by atoms with van der Waals surface area (Å²) >= 11 is 0. The first-order valence-electron chi connectivity index (χ1n) is 6.23. The van der Waals surface area contributed by atoms with Crippen LogP contribution in [0.4, 0.5) is 0 Å². The van der Waals surface area contributed by atoms with Crippen LogP contribution < -0.4 is 5.32 Å². The molecule has 0 fully saturated rings. The van der Waals surface area contributed by atoms with Crippen molar-refractivity contribution in [3.63, 3.8) is 0 Å². The minimum absolute atomic E-state index is 0.129. The number of rotatable bonds is 4. The Morgan fingerprint density at radius 3 is 2.24 bits per heavy atom. The van der Waals surface area contributed by atoms with Gasteiger partial charge < -0.3 is 9.88 Å². The molecule has 3 nitrogen and oxygen atoms in total. The summed E-state index contributed by atoms with van der Waals surface area (Å²) in [7, 11) is 0. The number of aromatic nitrogens is 1. The smallest absolute Gasteiger partial charge is 0.220 e. The topological polar surface area (TPSA) is 34.0 Å². The molecule has 0 saturated carbocycles. The second-order valence-electron chi connectivity index (χ2n) is 5.67. The number of carbonyl (C=O) groups is 1. The van der Waals surface area contributed by atoms with Crippen molar-refractivity contribution in [3.8, 4) is 0 Å². The fourth-order valence-corrected chi connectivity index (χ4v) is 1.93. The van der Waals surface area contributed by atoms with Crippen LogP contribution in [0.1, 0.15) is 45.0 Å². The van der Waals surface area contributed by atoms with Crippen molar-refractivity contribution in [1.29, 1.82) is 0 Å². The standard InChI is InChI=1S/C14H24N2O/c1-11-8-9-12(2)16(11)10-6-7-13(17)15-14(3,4)5/h8-9H,6-7,10H2,1-5H3,(H,15,17). The molecule has 0 radical (unpaired) electrons. The highest BCUT2D eigenvalue weighted by Crippen LogP contribution is 2.09. The Morgan fingerprint density at radius 1 is 1.24 bits per heavy atom. The maximum atomic E-state index is 11.6. The average Bonchev–Trinajstić information content (AvgIpc) is 2.46. The number of hydrogen-bond donors (Lipinski definition) is 1. The van der Waals surface area contributed by atoms with Crippen LogP contribution in [-0.4, -0.2) is 16.0 Å². The molecule has 0 aliphatic rings. The van der Waals surface area contributed by atoms with Gasteiger partial charge in [0.2, 0.25) is 5.91 Å². The Morgan fingerprint density at radius 2 is 1.76 bits per heavy atom. The van der Waals surface area contributed by atoms with Crippen molar-refractivity contribution in [3.05, 3.63) is 23.5 Å². The summed E-state index contributed by atoms with van der Waals surface area (Å²) in [6.45, 7) is 11.1. The molecule has 0 saturated heterocycles. The number of aryl methyl sites for hydroxylation is 2. The van der Waals surface area contributed by atoms with Gasteiger partial charge in [-0.1, -0.05) is 0 Å². The van der Waals surface area contributed by atoms with Crippen LogP contribution in [0.2, 0.25) is 0 Å². The summed E-state index contributed by atoms with van der Waals surface area (Å²) in [4.78, 5) is 11.6. The van der Waals surface area contributed by atoms with Gasteiger partial charge in [-0.2, -0.15) is 0 Å². The Kier molecular flexibility index (Phi) is 4.38. The molecule has 1 aromatic heterocycles. The molecule has 0 aromatic carbocycles. The largest absolute Gasteiger partial charge is 0.352 e. The molecule has 1 amide bonds. The zero-order valence-corrected chi connectivity index (χ0v) is 11.6. The first-order valence-corrected chi connectivity index (χ1v) is 6.23. The average molecular weight is 236 g/mol. The predicted octanol–water partition coefficient (Wildman–Crippen LogP) is 2.80. The second kappa shape index (κ2) is 5.39. The van der Waals surface area contributed by atoms with E-state index in [1.165, 1.54) is 11.4 Å². The molecule has 0 bridgehead atoms. The van der Waals surface area contributed by atoms with Gasteiger partial charge in [0.15, 0.2) is 0 Å².